The van der Waals surface area contributed by atoms with Crippen LogP contribution in [0.3, 0.4) is 0 Å². The number of halogens is 1. The Balaban J connectivity index is 1.33. The molecule has 8 nitrogen and oxygen atoms in total. The number of aromatic nitrogens is 1. The zero-order valence-corrected chi connectivity index (χ0v) is 20.1. The molecule has 1 saturated heterocycles. The Hall–Kier alpha value is -2.36. The van der Waals surface area contributed by atoms with Crippen LogP contribution in [0.5, 0.6) is 0 Å². The Morgan fingerprint density at radius 1 is 0.939 bits per heavy atom. The summed E-state index contributed by atoms with van der Waals surface area (Å²) in [6.45, 7) is 2.06. The Bertz CT molecular complexity index is 1040. The van der Waals surface area contributed by atoms with Crippen molar-refractivity contribution >= 4 is 39.2 Å². The summed E-state index contributed by atoms with van der Waals surface area (Å²) in [5.41, 5.74) is 0.633. The van der Waals surface area contributed by atoms with Crippen molar-refractivity contribution in [3.63, 3.8) is 0 Å². The third kappa shape index (κ3) is 6.16. The number of carbonyl (C=O) groups excluding carboxylic acids is 1. The van der Waals surface area contributed by atoms with Crippen molar-refractivity contribution in [1.29, 1.82) is 0 Å². The Kier molecular flexibility index (Phi) is 7.72. The first kappa shape index (κ1) is 23.8. The van der Waals surface area contributed by atoms with E-state index in [-0.39, 0.29) is 17.0 Å². The Labute approximate surface area is 200 Å². The van der Waals surface area contributed by atoms with Crippen LogP contribution in [-0.2, 0) is 10.0 Å². The maximum Gasteiger partial charge on any atom is 0.319 e. The molecule has 0 bridgehead atoms. The minimum absolute atomic E-state index is 0.200. The summed E-state index contributed by atoms with van der Waals surface area (Å²) in [6, 6.07) is 10.00. The summed E-state index contributed by atoms with van der Waals surface area (Å²) in [4.78, 5) is 19.1. The second-order valence-electron chi connectivity index (χ2n) is 8.54. The second kappa shape index (κ2) is 10.7. The van der Waals surface area contributed by atoms with E-state index in [1.165, 1.54) is 22.9 Å². The molecule has 2 amide bonds. The third-order valence-electron chi connectivity index (χ3n) is 6.18. The molecule has 178 valence electrons. The highest BCUT2D eigenvalue weighted by molar-refractivity contribution is 7.89. The van der Waals surface area contributed by atoms with Crippen LogP contribution in [0, 0.1) is 0 Å². The SMILES string of the molecule is O=C(Nc1ccc(N2CCCN(S(=O)(=O)c3ccc(Cl)cc3)CC2)nc1)NC1CCCCC1. The van der Waals surface area contributed by atoms with Gasteiger partial charge in [-0.3, -0.25) is 0 Å². The first-order valence-corrected chi connectivity index (χ1v) is 13.3. The highest BCUT2D eigenvalue weighted by Crippen LogP contribution is 2.22. The summed E-state index contributed by atoms with van der Waals surface area (Å²) in [7, 11) is -3.57. The zero-order valence-electron chi connectivity index (χ0n) is 18.5. The summed E-state index contributed by atoms with van der Waals surface area (Å²) in [5, 5.41) is 6.39. The number of nitrogens with one attached hydrogen (secondary N) is 2. The summed E-state index contributed by atoms with van der Waals surface area (Å²) < 4.78 is 27.5. The van der Waals surface area contributed by atoms with Crippen molar-refractivity contribution in [3.05, 3.63) is 47.6 Å². The fraction of sp³-hybridized carbons (Fsp3) is 0.478. The van der Waals surface area contributed by atoms with Gasteiger partial charge in [-0.15, -0.1) is 0 Å². The van der Waals surface area contributed by atoms with Gasteiger partial charge in [0.1, 0.15) is 5.82 Å². The predicted octanol–water partition coefficient (Wildman–Crippen LogP) is 4.09. The van der Waals surface area contributed by atoms with Gasteiger partial charge in [0.15, 0.2) is 0 Å². The molecule has 2 N–H and O–H groups in total. The van der Waals surface area contributed by atoms with Crippen LogP contribution in [0.15, 0.2) is 47.5 Å². The van der Waals surface area contributed by atoms with Crippen LogP contribution in [0.4, 0.5) is 16.3 Å². The van der Waals surface area contributed by atoms with E-state index in [2.05, 4.69) is 20.5 Å². The molecule has 0 spiro atoms. The van der Waals surface area contributed by atoms with E-state index in [1.807, 2.05) is 12.1 Å². The number of sulfonamides is 1. The van der Waals surface area contributed by atoms with Gasteiger partial charge in [0, 0.05) is 37.2 Å². The van der Waals surface area contributed by atoms with Crippen molar-refractivity contribution < 1.29 is 13.2 Å². The van der Waals surface area contributed by atoms with Crippen molar-refractivity contribution in [2.45, 2.75) is 49.5 Å². The topological polar surface area (TPSA) is 94.6 Å². The number of urea groups is 1. The quantitative estimate of drug-likeness (QED) is 0.656. The lowest BCUT2D eigenvalue weighted by Gasteiger charge is -2.23. The van der Waals surface area contributed by atoms with Crippen LogP contribution < -0.4 is 15.5 Å². The maximum atomic E-state index is 13.0. The van der Waals surface area contributed by atoms with Crippen molar-refractivity contribution in [1.82, 2.24) is 14.6 Å². The van der Waals surface area contributed by atoms with Crippen molar-refractivity contribution in [3.8, 4) is 0 Å². The number of rotatable bonds is 5. The van der Waals surface area contributed by atoms with Crippen LogP contribution in [0.2, 0.25) is 5.02 Å². The lowest BCUT2D eigenvalue weighted by atomic mass is 9.96. The van der Waals surface area contributed by atoms with E-state index in [1.54, 1.807) is 18.3 Å². The van der Waals surface area contributed by atoms with E-state index in [0.29, 0.717) is 43.3 Å². The lowest BCUT2D eigenvalue weighted by Crippen LogP contribution is -2.39. The summed E-state index contributed by atoms with van der Waals surface area (Å²) in [6.07, 6.45) is 7.97. The molecule has 2 fully saturated rings. The fourth-order valence-electron chi connectivity index (χ4n) is 4.37. The van der Waals surface area contributed by atoms with Gasteiger partial charge < -0.3 is 15.5 Å². The number of amides is 2. The highest BCUT2D eigenvalue weighted by Gasteiger charge is 2.27. The monoisotopic (exact) mass is 491 g/mol. The third-order valence-corrected chi connectivity index (χ3v) is 8.34. The molecule has 10 heteroatoms. The molecule has 0 radical (unpaired) electrons. The summed E-state index contributed by atoms with van der Waals surface area (Å²) >= 11 is 5.89. The van der Waals surface area contributed by atoms with Gasteiger partial charge in [0.25, 0.3) is 0 Å². The molecule has 1 aromatic carbocycles. The van der Waals surface area contributed by atoms with Gasteiger partial charge in [0.05, 0.1) is 16.8 Å². The molecule has 4 rings (SSSR count). The average molecular weight is 492 g/mol. The van der Waals surface area contributed by atoms with Gasteiger partial charge in [-0.2, -0.15) is 4.31 Å². The predicted molar refractivity (Wildman–Crippen MR) is 130 cm³/mol. The first-order chi connectivity index (χ1) is 15.9. The normalized spacial score (nSPS) is 18.5. The number of nitrogens with zero attached hydrogens (tertiary/aromatic N) is 3. The van der Waals surface area contributed by atoms with Gasteiger partial charge >= 0.3 is 6.03 Å². The zero-order chi connectivity index (χ0) is 23.3. The molecule has 2 aliphatic rings. The standard InChI is InChI=1S/C23H30ClN5O3S/c24-18-7-10-21(11-8-18)33(31,32)29-14-4-13-28(15-16-29)22-12-9-20(17-25-22)27-23(30)26-19-5-2-1-3-6-19/h7-12,17,19H,1-6,13-16H2,(H2,26,27,30). The molecule has 2 aromatic rings. The molecule has 1 aliphatic carbocycles. The number of carbonyl (C=O) groups is 1. The second-order valence-corrected chi connectivity index (χ2v) is 10.9. The van der Waals surface area contributed by atoms with Crippen molar-refractivity contribution in [2.75, 3.05) is 36.4 Å². The van der Waals surface area contributed by atoms with E-state index < -0.39 is 10.0 Å². The number of hydrogen-bond acceptors (Lipinski definition) is 5. The molecule has 2 heterocycles. The highest BCUT2D eigenvalue weighted by atomic mass is 35.5. The molecule has 0 atom stereocenters. The molecule has 0 unspecified atom stereocenters. The van der Waals surface area contributed by atoms with Gasteiger partial charge in [-0.1, -0.05) is 30.9 Å². The Morgan fingerprint density at radius 3 is 2.39 bits per heavy atom. The fourth-order valence-corrected chi connectivity index (χ4v) is 5.96. The molecular formula is C23H30ClN5O3S. The molecule has 1 aromatic heterocycles. The molecule has 33 heavy (non-hydrogen) atoms. The van der Waals surface area contributed by atoms with E-state index in [0.717, 1.165) is 31.5 Å². The average Bonchev–Trinajstić information content (AvgIpc) is 3.07. The van der Waals surface area contributed by atoms with Gasteiger partial charge in [-0.05, 0) is 55.7 Å². The van der Waals surface area contributed by atoms with Crippen LogP contribution in [0.1, 0.15) is 38.5 Å². The lowest BCUT2D eigenvalue weighted by molar-refractivity contribution is 0.244. The largest absolute Gasteiger partial charge is 0.355 e. The number of benzene rings is 1. The van der Waals surface area contributed by atoms with Crippen LogP contribution >= 0.6 is 11.6 Å². The minimum Gasteiger partial charge on any atom is -0.355 e. The van der Waals surface area contributed by atoms with Gasteiger partial charge in [0.2, 0.25) is 10.0 Å². The number of pyridine rings is 1. The van der Waals surface area contributed by atoms with Crippen molar-refractivity contribution in [2.24, 2.45) is 0 Å². The molecule has 1 aliphatic heterocycles. The number of hydrogen-bond donors (Lipinski definition) is 2. The van der Waals surface area contributed by atoms with E-state index in [4.69, 9.17) is 11.6 Å². The van der Waals surface area contributed by atoms with Gasteiger partial charge in [-0.25, -0.2) is 18.2 Å². The number of anilines is 2. The smallest absolute Gasteiger partial charge is 0.319 e. The van der Waals surface area contributed by atoms with Crippen LogP contribution in [-0.4, -0.2) is 56.0 Å². The minimum atomic E-state index is -3.57. The Morgan fingerprint density at radius 2 is 1.70 bits per heavy atom. The van der Waals surface area contributed by atoms with Crippen LogP contribution in [0.25, 0.3) is 0 Å². The maximum absolute atomic E-state index is 13.0. The molecule has 1 saturated carbocycles. The van der Waals surface area contributed by atoms with E-state index >= 15 is 0 Å². The summed E-state index contributed by atoms with van der Waals surface area (Å²) in [5.74, 6) is 0.763. The molecular weight excluding hydrogens is 462 g/mol. The van der Waals surface area contributed by atoms with E-state index in [9.17, 15) is 13.2 Å². The first-order valence-electron chi connectivity index (χ1n) is 11.5.